The molecule has 0 aliphatic heterocycles. The fourth-order valence-corrected chi connectivity index (χ4v) is 3.84. The van der Waals surface area contributed by atoms with Crippen LogP contribution in [0.15, 0.2) is 9.59 Å². The molecule has 0 saturated carbocycles. The third-order valence-electron chi connectivity index (χ3n) is 2.36. The lowest BCUT2D eigenvalue weighted by molar-refractivity contribution is 0.0487. The second-order valence-electron chi connectivity index (χ2n) is 4.32. The van der Waals surface area contributed by atoms with Gasteiger partial charge >= 0.3 is 5.97 Å². The predicted molar refractivity (Wildman–Crippen MR) is 71.8 cm³/mol. The molecule has 4 nitrogen and oxygen atoms in total. The standard InChI is InChI=1S/C11H15ClO4S2/c1-7(2)4-5-16-10(13)9-6-17-11(8(9)3)18(12,14)15/h6-7H,4-5H2,1-3H3. The molecule has 1 aromatic heterocycles. The Morgan fingerprint density at radius 2 is 2.11 bits per heavy atom. The molecule has 0 aliphatic rings. The van der Waals surface area contributed by atoms with Crippen LogP contribution in [0, 0.1) is 12.8 Å². The number of esters is 1. The summed E-state index contributed by atoms with van der Waals surface area (Å²) in [4.78, 5) is 11.7. The summed E-state index contributed by atoms with van der Waals surface area (Å²) in [7, 11) is 1.46. The Balaban J connectivity index is 2.79. The zero-order chi connectivity index (χ0) is 13.9. The minimum Gasteiger partial charge on any atom is -0.462 e. The van der Waals surface area contributed by atoms with E-state index in [1.165, 1.54) is 5.38 Å². The summed E-state index contributed by atoms with van der Waals surface area (Å²) in [5, 5.41) is 1.46. The van der Waals surface area contributed by atoms with E-state index >= 15 is 0 Å². The molecule has 102 valence electrons. The van der Waals surface area contributed by atoms with E-state index in [1.807, 2.05) is 13.8 Å². The van der Waals surface area contributed by atoms with Crippen molar-refractivity contribution in [1.29, 1.82) is 0 Å². The summed E-state index contributed by atoms with van der Waals surface area (Å²) in [5.74, 6) is -0.0591. The Labute approximate surface area is 115 Å². The highest BCUT2D eigenvalue weighted by atomic mass is 35.7. The quantitative estimate of drug-likeness (QED) is 0.619. The summed E-state index contributed by atoms with van der Waals surface area (Å²) in [5.41, 5.74) is 0.618. The lowest BCUT2D eigenvalue weighted by Crippen LogP contribution is -2.08. The summed E-state index contributed by atoms with van der Waals surface area (Å²) in [6, 6.07) is 0. The van der Waals surface area contributed by atoms with Crippen LogP contribution in [0.2, 0.25) is 0 Å². The van der Waals surface area contributed by atoms with E-state index in [0.717, 1.165) is 17.8 Å². The van der Waals surface area contributed by atoms with E-state index in [9.17, 15) is 13.2 Å². The van der Waals surface area contributed by atoms with E-state index in [1.54, 1.807) is 6.92 Å². The predicted octanol–water partition coefficient (Wildman–Crippen LogP) is 3.19. The first-order chi connectivity index (χ1) is 8.23. The molecule has 0 N–H and O–H groups in total. The summed E-state index contributed by atoms with van der Waals surface area (Å²) in [6.45, 7) is 5.93. The van der Waals surface area contributed by atoms with Crippen molar-refractivity contribution < 1.29 is 17.9 Å². The van der Waals surface area contributed by atoms with Gasteiger partial charge in [-0.2, -0.15) is 0 Å². The molecule has 0 bridgehead atoms. The Kier molecular flexibility index (Phi) is 5.19. The van der Waals surface area contributed by atoms with Gasteiger partial charge in [-0.05, 0) is 24.8 Å². The van der Waals surface area contributed by atoms with Crippen molar-refractivity contribution in [2.75, 3.05) is 6.61 Å². The van der Waals surface area contributed by atoms with Crippen LogP contribution in [0.1, 0.15) is 36.2 Å². The van der Waals surface area contributed by atoms with Crippen molar-refractivity contribution in [3.05, 3.63) is 16.5 Å². The van der Waals surface area contributed by atoms with Crippen molar-refractivity contribution in [3.63, 3.8) is 0 Å². The fraction of sp³-hybridized carbons (Fsp3) is 0.545. The van der Waals surface area contributed by atoms with Crippen LogP contribution in [-0.4, -0.2) is 21.0 Å². The van der Waals surface area contributed by atoms with Gasteiger partial charge in [-0.15, -0.1) is 11.3 Å². The van der Waals surface area contributed by atoms with E-state index in [4.69, 9.17) is 15.4 Å². The molecule has 0 spiro atoms. The molecule has 1 rings (SSSR count). The van der Waals surface area contributed by atoms with Gasteiger partial charge in [0.1, 0.15) is 4.21 Å². The van der Waals surface area contributed by atoms with Gasteiger partial charge < -0.3 is 4.74 Å². The molecule has 7 heteroatoms. The Morgan fingerprint density at radius 3 is 2.56 bits per heavy atom. The number of hydrogen-bond acceptors (Lipinski definition) is 5. The molecule has 0 fully saturated rings. The number of thiophene rings is 1. The van der Waals surface area contributed by atoms with Crippen molar-refractivity contribution >= 4 is 37.0 Å². The monoisotopic (exact) mass is 310 g/mol. The second-order valence-corrected chi connectivity index (χ2v) is 7.96. The van der Waals surface area contributed by atoms with E-state index in [2.05, 4.69) is 0 Å². The molecule has 0 atom stereocenters. The molecular formula is C11H15ClO4S2. The van der Waals surface area contributed by atoms with Crippen LogP contribution in [0.5, 0.6) is 0 Å². The smallest absolute Gasteiger partial charge is 0.339 e. The first-order valence-corrected chi connectivity index (χ1v) is 8.62. The van der Waals surface area contributed by atoms with E-state index < -0.39 is 15.0 Å². The molecule has 0 aromatic carbocycles. The van der Waals surface area contributed by atoms with Gasteiger partial charge in [-0.1, -0.05) is 13.8 Å². The van der Waals surface area contributed by atoms with Crippen molar-refractivity contribution in [2.24, 2.45) is 5.92 Å². The maximum absolute atomic E-state index is 11.7. The minimum atomic E-state index is -3.80. The highest BCUT2D eigenvalue weighted by Gasteiger charge is 2.22. The molecule has 1 aromatic rings. The molecule has 0 amide bonds. The van der Waals surface area contributed by atoms with Gasteiger partial charge in [0.2, 0.25) is 0 Å². The normalized spacial score (nSPS) is 11.8. The molecule has 0 unspecified atom stereocenters. The first kappa shape index (κ1) is 15.5. The molecule has 0 saturated heterocycles. The van der Waals surface area contributed by atoms with Crippen LogP contribution < -0.4 is 0 Å². The number of halogens is 1. The molecule has 0 aliphatic carbocycles. The van der Waals surface area contributed by atoms with Crippen LogP contribution in [0.4, 0.5) is 0 Å². The van der Waals surface area contributed by atoms with Crippen molar-refractivity contribution in [1.82, 2.24) is 0 Å². The minimum absolute atomic E-state index is 0.0000220. The van der Waals surface area contributed by atoms with Gasteiger partial charge in [0.15, 0.2) is 0 Å². The van der Waals surface area contributed by atoms with Gasteiger partial charge in [-0.3, -0.25) is 0 Å². The topological polar surface area (TPSA) is 60.4 Å². The van der Waals surface area contributed by atoms with Crippen LogP contribution in [0.25, 0.3) is 0 Å². The summed E-state index contributed by atoms with van der Waals surface area (Å²) < 4.78 is 27.5. The van der Waals surface area contributed by atoms with Crippen molar-refractivity contribution in [3.8, 4) is 0 Å². The number of rotatable bonds is 5. The van der Waals surface area contributed by atoms with E-state index in [0.29, 0.717) is 18.1 Å². The molecule has 1 heterocycles. The fourth-order valence-electron chi connectivity index (χ4n) is 1.31. The molecule has 0 radical (unpaired) electrons. The third-order valence-corrected chi connectivity index (χ3v) is 5.67. The zero-order valence-electron chi connectivity index (χ0n) is 10.4. The highest BCUT2D eigenvalue weighted by Crippen LogP contribution is 2.29. The largest absolute Gasteiger partial charge is 0.462 e. The highest BCUT2D eigenvalue weighted by molar-refractivity contribution is 8.15. The van der Waals surface area contributed by atoms with Crippen LogP contribution in [-0.2, 0) is 13.8 Å². The van der Waals surface area contributed by atoms with Gasteiger partial charge in [0.25, 0.3) is 9.05 Å². The Morgan fingerprint density at radius 1 is 1.50 bits per heavy atom. The number of ether oxygens (including phenoxy) is 1. The maximum Gasteiger partial charge on any atom is 0.339 e. The number of hydrogen-bond donors (Lipinski definition) is 0. The average Bonchev–Trinajstić information content (AvgIpc) is 2.58. The van der Waals surface area contributed by atoms with Gasteiger partial charge in [-0.25, -0.2) is 13.2 Å². The van der Waals surface area contributed by atoms with Gasteiger partial charge in [0.05, 0.1) is 12.2 Å². The lowest BCUT2D eigenvalue weighted by atomic mass is 10.1. The summed E-state index contributed by atoms with van der Waals surface area (Å²) in [6.07, 6.45) is 0.773. The molecular weight excluding hydrogens is 296 g/mol. The number of carbonyl (C=O) groups excluding carboxylic acids is 1. The Hall–Kier alpha value is -0.590. The van der Waals surface area contributed by atoms with E-state index in [-0.39, 0.29) is 9.77 Å². The molecule has 18 heavy (non-hydrogen) atoms. The van der Waals surface area contributed by atoms with Crippen molar-refractivity contribution in [2.45, 2.75) is 31.4 Å². The average molecular weight is 311 g/mol. The SMILES string of the molecule is Cc1c(C(=O)OCCC(C)C)csc1S(=O)(=O)Cl. The third kappa shape index (κ3) is 3.96. The van der Waals surface area contributed by atoms with Crippen LogP contribution >= 0.6 is 22.0 Å². The van der Waals surface area contributed by atoms with Gasteiger partial charge in [0, 0.05) is 16.1 Å². The second kappa shape index (κ2) is 6.04. The Bertz CT molecular complexity index is 531. The lowest BCUT2D eigenvalue weighted by Gasteiger charge is -2.06. The maximum atomic E-state index is 11.7. The van der Waals surface area contributed by atoms with Crippen LogP contribution in [0.3, 0.4) is 0 Å². The first-order valence-electron chi connectivity index (χ1n) is 5.43. The summed E-state index contributed by atoms with van der Waals surface area (Å²) >= 11 is 0.930. The number of carbonyl (C=O) groups is 1. The zero-order valence-corrected chi connectivity index (χ0v) is 12.8.